The van der Waals surface area contributed by atoms with Gasteiger partial charge >= 0.3 is 6.18 Å². The van der Waals surface area contributed by atoms with Gasteiger partial charge in [-0.05, 0) is 37.5 Å². The molecule has 2 N–H and O–H groups in total. The van der Waals surface area contributed by atoms with Gasteiger partial charge in [-0.15, -0.1) is 0 Å². The van der Waals surface area contributed by atoms with Crippen LogP contribution >= 0.6 is 0 Å². The summed E-state index contributed by atoms with van der Waals surface area (Å²) in [6, 6.07) is 4.49. The van der Waals surface area contributed by atoms with Crippen LogP contribution in [-0.2, 0) is 10.0 Å². The number of nitrogens with two attached hydrogens (primary N) is 1. The number of hydrogen-bond donors (Lipinski definition) is 1. The Bertz CT molecular complexity index is 724. The van der Waals surface area contributed by atoms with Crippen LogP contribution in [0.15, 0.2) is 23.2 Å². The topological polar surface area (TPSA) is 75.8 Å². The predicted molar refractivity (Wildman–Crippen MR) is 88.0 cm³/mol. The number of piperidine rings is 1. The van der Waals surface area contributed by atoms with E-state index in [1.807, 2.05) is 0 Å². The molecule has 1 aromatic carbocycles. The maximum atomic E-state index is 13.3. The monoisotopic (exact) mass is 363 g/mol. The molecule has 1 heterocycles. The quantitative estimate of drug-likeness (QED) is 0.660. The Balaban J connectivity index is 2.35. The molecule has 0 spiro atoms. The fraction of sp³-hybridized carbons (Fsp3) is 0.533. The molecule has 2 rings (SSSR count). The van der Waals surface area contributed by atoms with Crippen LogP contribution in [0.25, 0.3) is 0 Å². The van der Waals surface area contributed by atoms with E-state index in [1.165, 1.54) is 12.1 Å². The molecule has 0 unspecified atom stereocenters. The number of sulfonamides is 1. The maximum Gasteiger partial charge on any atom is 0.430 e. The molecule has 1 saturated heterocycles. The van der Waals surface area contributed by atoms with Gasteiger partial charge in [-0.2, -0.15) is 13.2 Å². The van der Waals surface area contributed by atoms with E-state index in [0.29, 0.717) is 18.4 Å². The Morgan fingerprint density at radius 2 is 1.88 bits per heavy atom. The van der Waals surface area contributed by atoms with E-state index in [1.54, 1.807) is 13.0 Å². The van der Waals surface area contributed by atoms with Crippen LogP contribution in [0, 0.1) is 6.92 Å². The summed E-state index contributed by atoms with van der Waals surface area (Å²) in [7, 11) is -4.07. The van der Waals surface area contributed by atoms with Crippen LogP contribution in [0.3, 0.4) is 0 Å². The van der Waals surface area contributed by atoms with Crippen LogP contribution in [0.4, 0.5) is 24.5 Å². The number of halogens is 3. The molecule has 1 aliphatic heterocycles. The van der Waals surface area contributed by atoms with Crippen LogP contribution < -0.4 is 5.73 Å². The zero-order chi connectivity index (χ0) is 18.0. The molecule has 5 nitrogen and oxygen atoms in total. The highest BCUT2D eigenvalue weighted by atomic mass is 32.2. The Morgan fingerprint density at radius 1 is 1.25 bits per heavy atom. The highest BCUT2D eigenvalue weighted by Crippen LogP contribution is 2.28. The van der Waals surface area contributed by atoms with Crippen LogP contribution in [0.5, 0.6) is 0 Å². The zero-order valence-corrected chi connectivity index (χ0v) is 14.1. The SMILES string of the molecule is Cc1ccc(N)c(N=C(CS(=O)(=O)N2CCCCC2)C(F)(F)F)c1. The van der Waals surface area contributed by atoms with E-state index in [9.17, 15) is 21.6 Å². The first-order valence-electron chi connectivity index (χ1n) is 7.58. The molecule has 1 aliphatic rings. The highest BCUT2D eigenvalue weighted by Gasteiger charge is 2.40. The van der Waals surface area contributed by atoms with Gasteiger partial charge in [-0.3, -0.25) is 0 Å². The standard InChI is InChI=1S/C15H20F3N3O2S/c1-11-5-6-12(19)13(9-11)20-14(15(16,17)18)10-24(22,23)21-7-3-2-4-8-21/h5-6,9H,2-4,7-8,10,19H2,1H3. The smallest absolute Gasteiger partial charge is 0.397 e. The average Bonchev–Trinajstić information content (AvgIpc) is 2.50. The molecule has 0 atom stereocenters. The number of aliphatic imine (C=N–C) groups is 1. The summed E-state index contributed by atoms with van der Waals surface area (Å²) in [5.41, 5.74) is 4.98. The Hall–Kier alpha value is -1.61. The van der Waals surface area contributed by atoms with Crippen LogP contribution in [0.1, 0.15) is 24.8 Å². The molecule has 24 heavy (non-hydrogen) atoms. The van der Waals surface area contributed by atoms with Gasteiger partial charge in [0, 0.05) is 13.1 Å². The second kappa shape index (κ2) is 7.10. The first-order chi connectivity index (χ1) is 11.1. The molecule has 0 bridgehead atoms. The third-order valence-electron chi connectivity index (χ3n) is 3.80. The summed E-state index contributed by atoms with van der Waals surface area (Å²) < 4.78 is 65.5. The molecule has 134 valence electrons. The van der Waals surface area contributed by atoms with E-state index in [-0.39, 0.29) is 24.5 Å². The predicted octanol–water partition coefficient (Wildman–Crippen LogP) is 3.03. The van der Waals surface area contributed by atoms with E-state index in [0.717, 1.165) is 10.7 Å². The minimum atomic E-state index is -4.85. The van der Waals surface area contributed by atoms with Gasteiger partial charge in [0.2, 0.25) is 10.0 Å². The van der Waals surface area contributed by atoms with Crippen molar-refractivity contribution in [3.8, 4) is 0 Å². The second-order valence-electron chi connectivity index (χ2n) is 5.83. The summed E-state index contributed by atoms with van der Waals surface area (Å²) >= 11 is 0. The molecule has 1 fully saturated rings. The lowest BCUT2D eigenvalue weighted by atomic mass is 10.2. The molecule has 0 radical (unpaired) electrons. The number of hydrogen-bond acceptors (Lipinski definition) is 4. The lowest BCUT2D eigenvalue weighted by Gasteiger charge is -2.26. The van der Waals surface area contributed by atoms with Crippen LogP contribution in [0.2, 0.25) is 0 Å². The Labute approximate surface area is 139 Å². The molecule has 0 aliphatic carbocycles. The van der Waals surface area contributed by atoms with E-state index >= 15 is 0 Å². The average molecular weight is 363 g/mol. The number of rotatable bonds is 4. The summed E-state index contributed by atoms with van der Waals surface area (Å²) in [6.07, 6.45) is -2.66. The normalized spacial score (nSPS) is 17.9. The zero-order valence-electron chi connectivity index (χ0n) is 13.3. The summed E-state index contributed by atoms with van der Waals surface area (Å²) in [5.74, 6) is -1.18. The summed E-state index contributed by atoms with van der Waals surface area (Å²) in [5, 5.41) is 0. The molecule has 1 aromatic rings. The van der Waals surface area contributed by atoms with Crippen LogP contribution in [-0.4, -0.2) is 43.5 Å². The molecule has 0 amide bonds. The summed E-state index contributed by atoms with van der Waals surface area (Å²) in [6.45, 7) is 2.19. The van der Waals surface area contributed by atoms with Crippen molar-refractivity contribution in [2.75, 3.05) is 24.6 Å². The first-order valence-corrected chi connectivity index (χ1v) is 9.19. The summed E-state index contributed by atoms with van der Waals surface area (Å²) in [4.78, 5) is 3.53. The number of aryl methyl sites for hydroxylation is 1. The van der Waals surface area contributed by atoms with Gasteiger partial charge < -0.3 is 5.73 Å². The van der Waals surface area contributed by atoms with Crippen molar-refractivity contribution in [3.63, 3.8) is 0 Å². The van der Waals surface area contributed by atoms with E-state index in [2.05, 4.69) is 4.99 Å². The lowest BCUT2D eigenvalue weighted by Crippen LogP contribution is -2.41. The number of nitrogen functional groups attached to an aromatic ring is 1. The Morgan fingerprint density at radius 3 is 2.46 bits per heavy atom. The fourth-order valence-corrected chi connectivity index (χ4v) is 4.05. The number of alkyl halides is 3. The highest BCUT2D eigenvalue weighted by molar-refractivity contribution is 7.89. The minimum Gasteiger partial charge on any atom is -0.397 e. The van der Waals surface area contributed by atoms with Crippen molar-refractivity contribution in [2.24, 2.45) is 4.99 Å². The molecule has 9 heteroatoms. The van der Waals surface area contributed by atoms with Crippen molar-refractivity contribution in [2.45, 2.75) is 32.4 Å². The second-order valence-corrected chi connectivity index (χ2v) is 7.80. The van der Waals surface area contributed by atoms with Crippen molar-refractivity contribution in [1.82, 2.24) is 4.31 Å². The largest absolute Gasteiger partial charge is 0.430 e. The van der Waals surface area contributed by atoms with Gasteiger partial charge in [0.25, 0.3) is 0 Å². The van der Waals surface area contributed by atoms with Gasteiger partial charge in [0.05, 0.1) is 11.4 Å². The third kappa shape index (κ3) is 4.70. The number of benzene rings is 1. The molecular formula is C15H20F3N3O2S. The number of nitrogens with zero attached hydrogens (tertiary/aromatic N) is 2. The minimum absolute atomic E-state index is 0.0673. The molecule has 0 saturated carbocycles. The molecular weight excluding hydrogens is 343 g/mol. The first kappa shape index (κ1) is 18.7. The van der Waals surface area contributed by atoms with Gasteiger partial charge in [0.1, 0.15) is 11.5 Å². The lowest BCUT2D eigenvalue weighted by molar-refractivity contribution is -0.0590. The van der Waals surface area contributed by atoms with Crippen molar-refractivity contribution in [3.05, 3.63) is 23.8 Å². The maximum absolute atomic E-state index is 13.3. The van der Waals surface area contributed by atoms with Gasteiger partial charge in [-0.25, -0.2) is 17.7 Å². The number of anilines is 1. The molecule has 0 aromatic heterocycles. The van der Waals surface area contributed by atoms with E-state index in [4.69, 9.17) is 5.73 Å². The van der Waals surface area contributed by atoms with Crippen molar-refractivity contribution in [1.29, 1.82) is 0 Å². The fourth-order valence-electron chi connectivity index (χ4n) is 2.48. The van der Waals surface area contributed by atoms with Crippen molar-refractivity contribution < 1.29 is 21.6 Å². The van der Waals surface area contributed by atoms with Gasteiger partial charge in [-0.1, -0.05) is 12.5 Å². The van der Waals surface area contributed by atoms with Crippen molar-refractivity contribution >= 4 is 27.1 Å². The Kier molecular flexibility index (Phi) is 5.54. The van der Waals surface area contributed by atoms with E-state index < -0.39 is 27.7 Å². The van der Waals surface area contributed by atoms with Gasteiger partial charge in [0.15, 0.2) is 0 Å². The third-order valence-corrected chi connectivity index (χ3v) is 5.59.